The van der Waals surface area contributed by atoms with Gasteiger partial charge in [0.05, 0.1) is 19.4 Å². The normalized spacial score (nSPS) is 14.9. The maximum atomic E-state index is 6.52. The van der Waals surface area contributed by atoms with Crippen LogP contribution in [0, 0.1) is 0 Å². The molecule has 2 N–H and O–H groups in total. The number of hydrogen-bond donors (Lipinski definition) is 1. The minimum Gasteiger partial charge on any atom is -0.378 e. The standard InChI is InChI=1S/C20H22Cl2N4O/c21-15-3-4-16(18(22)11-15)17-13-26-19(10-14(17)2-1-5-23)24-12-20(26)25-6-8-27-9-7-25/h3-4,10-13H,1-2,5-9,23H2. The van der Waals surface area contributed by atoms with Crippen LogP contribution < -0.4 is 10.6 Å². The zero-order chi connectivity index (χ0) is 18.8. The van der Waals surface area contributed by atoms with Gasteiger partial charge >= 0.3 is 0 Å². The van der Waals surface area contributed by atoms with Crippen LogP contribution in [0.4, 0.5) is 5.82 Å². The Kier molecular flexibility index (Phi) is 5.55. The quantitative estimate of drug-likeness (QED) is 0.696. The van der Waals surface area contributed by atoms with E-state index in [1.807, 2.05) is 18.3 Å². The number of aryl methyl sites for hydroxylation is 1. The van der Waals surface area contributed by atoms with Gasteiger partial charge < -0.3 is 15.4 Å². The van der Waals surface area contributed by atoms with Gasteiger partial charge in [-0.1, -0.05) is 29.3 Å². The Morgan fingerprint density at radius 2 is 1.93 bits per heavy atom. The van der Waals surface area contributed by atoms with Crippen molar-refractivity contribution in [3.8, 4) is 11.1 Å². The first-order valence-corrected chi connectivity index (χ1v) is 9.91. The summed E-state index contributed by atoms with van der Waals surface area (Å²) in [6.45, 7) is 3.83. The van der Waals surface area contributed by atoms with Gasteiger partial charge in [0.15, 0.2) is 0 Å². The molecular formula is C20H22Cl2N4O. The molecule has 1 saturated heterocycles. The Labute approximate surface area is 168 Å². The molecule has 2 aromatic heterocycles. The minimum atomic E-state index is 0.630. The summed E-state index contributed by atoms with van der Waals surface area (Å²) in [6.07, 6.45) is 5.85. The van der Waals surface area contributed by atoms with Crippen molar-refractivity contribution in [2.75, 3.05) is 37.7 Å². The Balaban J connectivity index is 1.85. The predicted molar refractivity (Wildman–Crippen MR) is 111 cm³/mol. The second-order valence-electron chi connectivity index (χ2n) is 6.67. The van der Waals surface area contributed by atoms with Gasteiger partial charge in [-0.05, 0) is 43.1 Å². The van der Waals surface area contributed by atoms with Crippen molar-refractivity contribution in [1.82, 2.24) is 9.38 Å². The van der Waals surface area contributed by atoms with Crippen LogP contribution in [0.5, 0.6) is 0 Å². The molecule has 1 fully saturated rings. The first kappa shape index (κ1) is 18.6. The van der Waals surface area contributed by atoms with E-state index in [0.717, 1.165) is 61.7 Å². The van der Waals surface area contributed by atoms with Crippen LogP contribution in [0.1, 0.15) is 12.0 Å². The highest BCUT2D eigenvalue weighted by molar-refractivity contribution is 6.36. The predicted octanol–water partition coefficient (Wildman–Crippen LogP) is 4.04. The van der Waals surface area contributed by atoms with Crippen LogP contribution in [-0.4, -0.2) is 42.2 Å². The highest BCUT2D eigenvalue weighted by Gasteiger charge is 2.18. The SMILES string of the molecule is NCCCc1cc2ncc(N3CCOCC3)n2cc1-c1ccc(Cl)cc1Cl. The van der Waals surface area contributed by atoms with Crippen molar-refractivity contribution in [1.29, 1.82) is 0 Å². The summed E-state index contributed by atoms with van der Waals surface area (Å²) in [7, 11) is 0. The van der Waals surface area contributed by atoms with E-state index in [-0.39, 0.29) is 0 Å². The summed E-state index contributed by atoms with van der Waals surface area (Å²) in [6, 6.07) is 7.77. The molecule has 0 radical (unpaired) electrons. The molecule has 0 atom stereocenters. The van der Waals surface area contributed by atoms with E-state index >= 15 is 0 Å². The molecule has 0 saturated carbocycles. The molecule has 1 aliphatic heterocycles. The first-order chi connectivity index (χ1) is 13.2. The average Bonchev–Trinajstić information content (AvgIpc) is 3.09. The van der Waals surface area contributed by atoms with Gasteiger partial charge in [0.25, 0.3) is 0 Å². The number of rotatable bonds is 5. The maximum Gasteiger partial charge on any atom is 0.138 e. The molecule has 0 unspecified atom stereocenters. The molecule has 27 heavy (non-hydrogen) atoms. The lowest BCUT2D eigenvalue weighted by Gasteiger charge is -2.28. The first-order valence-electron chi connectivity index (χ1n) is 9.15. The van der Waals surface area contributed by atoms with Gasteiger partial charge in [0, 0.05) is 40.5 Å². The minimum absolute atomic E-state index is 0.630. The number of imidazole rings is 1. The van der Waals surface area contributed by atoms with Gasteiger partial charge in [-0.25, -0.2) is 4.98 Å². The number of nitrogens with zero attached hydrogens (tertiary/aromatic N) is 3. The lowest BCUT2D eigenvalue weighted by atomic mass is 9.98. The van der Waals surface area contributed by atoms with Crippen molar-refractivity contribution < 1.29 is 4.74 Å². The van der Waals surface area contributed by atoms with Gasteiger partial charge in [0.1, 0.15) is 11.5 Å². The van der Waals surface area contributed by atoms with Crippen LogP contribution in [0.25, 0.3) is 16.8 Å². The maximum absolute atomic E-state index is 6.52. The largest absolute Gasteiger partial charge is 0.378 e. The summed E-state index contributed by atoms with van der Waals surface area (Å²) in [5, 5.41) is 1.27. The third kappa shape index (κ3) is 3.78. The number of halogens is 2. The molecule has 3 heterocycles. The number of aromatic nitrogens is 2. The van der Waals surface area contributed by atoms with E-state index in [1.165, 1.54) is 5.56 Å². The molecule has 142 valence electrons. The van der Waals surface area contributed by atoms with Gasteiger partial charge in [0.2, 0.25) is 0 Å². The number of ether oxygens (including phenoxy) is 1. The van der Waals surface area contributed by atoms with E-state index in [1.54, 1.807) is 6.07 Å². The zero-order valence-electron chi connectivity index (χ0n) is 15.0. The third-order valence-electron chi connectivity index (χ3n) is 4.92. The molecule has 0 spiro atoms. The Hall–Kier alpha value is -1.79. The van der Waals surface area contributed by atoms with Crippen molar-refractivity contribution in [3.63, 3.8) is 0 Å². The summed E-state index contributed by atoms with van der Waals surface area (Å²) < 4.78 is 7.62. The molecule has 0 aliphatic carbocycles. The summed E-state index contributed by atoms with van der Waals surface area (Å²) in [5.41, 5.74) is 9.92. The Morgan fingerprint density at radius 1 is 1.11 bits per heavy atom. The molecule has 3 aromatic rings. The van der Waals surface area contributed by atoms with Crippen LogP contribution in [0.15, 0.2) is 36.7 Å². The highest BCUT2D eigenvalue weighted by atomic mass is 35.5. The second kappa shape index (κ2) is 8.07. The van der Waals surface area contributed by atoms with E-state index in [2.05, 4.69) is 26.5 Å². The zero-order valence-corrected chi connectivity index (χ0v) is 16.5. The number of pyridine rings is 1. The number of benzene rings is 1. The Morgan fingerprint density at radius 3 is 2.67 bits per heavy atom. The highest BCUT2D eigenvalue weighted by Crippen LogP contribution is 2.34. The molecule has 1 aromatic carbocycles. The lowest BCUT2D eigenvalue weighted by Crippen LogP contribution is -2.36. The number of nitrogens with two attached hydrogens (primary N) is 1. The average molecular weight is 405 g/mol. The van der Waals surface area contributed by atoms with E-state index in [0.29, 0.717) is 16.6 Å². The van der Waals surface area contributed by atoms with E-state index in [9.17, 15) is 0 Å². The molecular weight excluding hydrogens is 383 g/mol. The summed E-state index contributed by atoms with van der Waals surface area (Å²) >= 11 is 12.6. The molecule has 0 bridgehead atoms. The molecule has 0 amide bonds. The number of hydrogen-bond acceptors (Lipinski definition) is 4. The van der Waals surface area contributed by atoms with Crippen molar-refractivity contribution in [2.45, 2.75) is 12.8 Å². The lowest BCUT2D eigenvalue weighted by molar-refractivity contribution is 0.122. The smallest absolute Gasteiger partial charge is 0.138 e. The second-order valence-corrected chi connectivity index (χ2v) is 7.52. The molecule has 4 rings (SSSR count). The van der Waals surface area contributed by atoms with Crippen LogP contribution in [0.2, 0.25) is 10.0 Å². The van der Waals surface area contributed by atoms with Crippen molar-refractivity contribution in [2.24, 2.45) is 5.73 Å². The van der Waals surface area contributed by atoms with E-state index in [4.69, 9.17) is 33.7 Å². The van der Waals surface area contributed by atoms with Crippen LogP contribution >= 0.6 is 23.2 Å². The number of morpholine rings is 1. The number of anilines is 1. The number of fused-ring (bicyclic) bond motifs is 1. The Bertz CT molecular complexity index is 951. The van der Waals surface area contributed by atoms with Crippen molar-refractivity contribution in [3.05, 3.63) is 52.3 Å². The van der Waals surface area contributed by atoms with Gasteiger partial charge in [-0.2, -0.15) is 0 Å². The summed E-state index contributed by atoms with van der Waals surface area (Å²) in [5.74, 6) is 1.07. The van der Waals surface area contributed by atoms with E-state index < -0.39 is 0 Å². The summed E-state index contributed by atoms with van der Waals surface area (Å²) in [4.78, 5) is 6.93. The topological polar surface area (TPSA) is 55.8 Å². The molecule has 1 aliphatic rings. The monoisotopic (exact) mass is 404 g/mol. The van der Waals surface area contributed by atoms with Crippen LogP contribution in [0.3, 0.4) is 0 Å². The fourth-order valence-electron chi connectivity index (χ4n) is 3.53. The van der Waals surface area contributed by atoms with Crippen molar-refractivity contribution >= 4 is 34.7 Å². The fourth-order valence-corrected chi connectivity index (χ4v) is 4.04. The molecule has 5 nitrogen and oxygen atoms in total. The van der Waals surface area contributed by atoms with Gasteiger partial charge in [-0.15, -0.1) is 0 Å². The van der Waals surface area contributed by atoms with Crippen LogP contribution in [-0.2, 0) is 11.2 Å². The third-order valence-corrected chi connectivity index (χ3v) is 5.47. The van der Waals surface area contributed by atoms with Gasteiger partial charge in [-0.3, -0.25) is 4.40 Å². The fraction of sp³-hybridized carbons (Fsp3) is 0.350. The molecule has 7 heteroatoms.